The lowest BCUT2D eigenvalue weighted by molar-refractivity contribution is -0.384. The predicted molar refractivity (Wildman–Crippen MR) is 132 cm³/mol. The summed E-state index contributed by atoms with van der Waals surface area (Å²) in [6.45, 7) is 0. The third-order valence-corrected chi connectivity index (χ3v) is 6.60. The van der Waals surface area contributed by atoms with Gasteiger partial charge in [-0.1, -0.05) is 95.9 Å². The topological polar surface area (TPSA) is 98.0 Å². The van der Waals surface area contributed by atoms with E-state index in [0.29, 0.717) is 21.8 Å². The molecule has 4 rings (SSSR count). The Morgan fingerprint density at radius 1 is 1.00 bits per heavy atom. The molecule has 164 valence electrons. The summed E-state index contributed by atoms with van der Waals surface area (Å²) in [5, 5.41) is 22.6. The number of nitro benzene ring substituents is 1. The third kappa shape index (κ3) is 6.12. The number of nitrogens with one attached hydrogen (secondary N) is 1. The molecule has 0 atom stereocenters. The van der Waals surface area contributed by atoms with Crippen molar-refractivity contribution in [2.24, 2.45) is 0 Å². The molecule has 3 aromatic carbocycles. The molecule has 0 aliphatic rings. The van der Waals surface area contributed by atoms with E-state index in [1.807, 2.05) is 60.7 Å². The normalized spacial score (nSPS) is 11.2. The van der Waals surface area contributed by atoms with Crippen molar-refractivity contribution in [1.82, 2.24) is 10.2 Å². The summed E-state index contributed by atoms with van der Waals surface area (Å²) in [4.78, 5) is 23.8. The molecule has 0 unspecified atom stereocenters. The van der Waals surface area contributed by atoms with Gasteiger partial charge in [-0.25, -0.2) is 0 Å². The number of carbonyl (C=O) groups excluding carboxylic acids is 1. The number of nitrogens with zero attached hydrogens (tertiary/aromatic N) is 3. The van der Waals surface area contributed by atoms with Crippen molar-refractivity contribution in [1.29, 1.82) is 0 Å². The van der Waals surface area contributed by atoms with Gasteiger partial charge in [-0.3, -0.25) is 20.2 Å². The first-order valence-electron chi connectivity index (χ1n) is 9.91. The highest BCUT2D eigenvalue weighted by atomic mass is 32.2. The fourth-order valence-electron chi connectivity index (χ4n) is 2.99. The number of rotatable bonds is 8. The van der Waals surface area contributed by atoms with E-state index >= 15 is 0 Å². The first-order chi connectivity index (χ1) is 16.1. The van der Waals surface area contributed by atoms with Crippen LogP contribution in [0.25, 0.3) is 11.6 Å². The maximum Gasteiger partial charge on any atom is 0.270 e. The van der Waals surface area contributed by atoms with Crippen LogP contribution in [0.1, 0.15) is 16.7 Å². The maximum atomic E-state index is 13.1. The Morgan fingerprint density at radius 3 is 2.45 bits per heavy atom. The number of carbonyl (C=O) groups is 1. The Kier molecular flexibility index (Phi) is 7.23. The van der Waals surface area contributed by atoms with E-state index in [1.165, 1.54) is 29.0 Å². The van der Waals surface area contributed by atoms with Gasteiger partial charge in [0.2, 0.25) is 5.13 Å². The minimum Gasteiger partial charge on any atom is -0.296 e. The monoisotopic (exact) mass is 474 g/mol. The number of nitro groups is 1. The van der Waals surface area contributed by atoms with Crippen molar-refractivity contribution in [3.05, 3.63) is 112 Å². The fourth-order valence-corrected chi connectivity index (χ4v) is 4.70. The van der Waals surface area contributed by atoms with Crippen molar-refractivity contribution in [2.75, 3.05) is 5.32 Å². The van der Waals surface area contributed by atoms with Gasteiger partial charge in [0, 0.05) is 23.5 Å². The van der Waals surface area contributed by atoms with Crippen LogP contribution in [-0.4, -0.2) is 21.0 Å². The quantitative estimate of drug-likeness (QED) is 0.0850. The minimum atomic E-state index is -0.463. The van der Waals surface area contributed by atoms with Gasteiger partial charge < -0.3 is 0 Å². The molecular formula is C24H18N4O3S2. The van der Waals surface area contributed by atoms with Gasteiger partial charge in [-0.15, -0.1) is 10.2 Å². The van der Waals surface area contributed by atoms with Crippen LogP contribution in [0, 0.1) is 10.1 Å². The SMILES string of the molecule is O=C(Nc1nnc(SCc2ccccc2)s1)/C(=C/c1cccc([N+](=O)[O-])c1)c1ccccc1. The number of benzene rings is 3. The zero-order valence-corrected chi connectivity index (χ0v) is 18.9. The third-order valence-electron chi connectivity index (χ3n) is 4.55. The molecule has 0 fully saturated rings. The van der Waals surface area contributed by atoms with Crippen LogP contribution in [0.3, 0.4) is 0 Å². The smallest absolute Gasteiger partial charge is 0.270 e. The highest BCUT2D eigenvalue weighted by Crippen LogP contribution is 2.29. The van der Waals surface area contributed by atoms with E-state index in [9.17, 15) is 14.9 Å². The number of thioether (sulfide) groups is 1. The number of non-ortho nitro benzene ring substituents is 1. The van der Waals surface area contributed by atoms with Crippen LogP contribution in [0.15, 0.2) is 89.3 Å². The minimum absolute atomic E-state index is 0.0409. The van der Waals surface area contributed by atoms with E-state index in [4.69, 9.17) is 0 Å². The summed E-state index contributed by atoms with van der Waals surface area (Å²) in [5.74, 6) is 0.384. The Labute approximate surface area is 198 Å². The molecule has 0 spiro atoms. The van der Waals surface area contributed by atoms with Gasteiger partial charge in [0.05, 0.1) is 4.92 Å². The maximum absolute atomic E-state index is 13.1. The summed E-state index contributed by atoms with van der Waals surface area (Å²) >= 11 is 2.85. The van der Waals surface area contributed by atoms with Gasteiger partial charge in [-0.05, 0) is 22.8 Å². The Bertz CT molecular complexity index is 1290. The van der Waals surface area contributed by atoms with Crippen LogP contribution >= 0.6 is 23.1 Å². The molecule has 9 heteroatoms. The molecule has 1 amide bonds. The van der Waals surface area contributed by atoms with Crippen LogP contribution in [0.5, 0.6) is 0 Å². The fraction of sp³-hybridized carbons (Fsp3) is 0.0417. The predicted octanol–water partition coefficient (Wildman–Crippen LogP) is 5.92. The summed E-state index contributed by atoms with van der Waals surface area (Å²) in [5.41, 5.74) is 2.74. The van der Waals surface area contributed by atoms with Gasteiger partial charge in [0.25, 0.3) is 11.6 Å². The molecular weight excluding hydrogens is 456 g/mol. The molecule has 0 aliphatic heterocycles. The largest absolute Gasteiger partial charge is 0.296 e. The van der Waals surface area contributed by atoms with E-state index in [0.717, 1.165) is 10.1 Å². The molecule has 0 saturated heterocycles. The molecule has 7 nitrogen and oxygen atoms in total. The molecule has 1 aromatic heterocycles. The van der Waals surface area contributed by atoms with E-state index in [2.05, 4.69) is 15.5 Å². The lowest BCUT2D eigenvalue weighted by Gasteiger charge is -2.08. The highest BCUT2D eigenvalue weighted by molar-refractivity contribution is 8.00. The van der Waals surface area contributed by atoms with Crippen molar-refractivity contribution < 1.29 is 9.72 Å². The molecule has 0 saturated carbocycles. The summed E-state index contributed by atoms with van der Waals surface area (Å²) in [7, 11) is 0. The lowest BCUT2D eigenvalue weighted by atomic mass is 10.0. The molecule has 33 heavy (non-hydrogen) atoms. The molecule has 0 bridgehead atoms. The zero-order chi connectivity index (χ0) is 23.0. The second-order valence-electron chi connectivity index (χ2n) is 6.88. The molecule has 0 radical (unpaired) electrons. The first kappa shape index (κ1) is 22.4. The summed E-state index contributed by atoms with van der Waals surface area (Å²) < 4.78 is 0.748. The standard InChI is InChI=1S/C24H18N4O3S2/c29-22(25-23-26-27-24(33-23)32-16-17-8-3-1-4-9-17)21(19-11-5-2-6-12-19)15-18-10-7-13-20(14-18)28(30)31/h1-15H,16H2,(H,25,26,29)/b21-15+. The number of hydrogen-bond acceptors (Lipinski definition) is 7. The average molecular weight is 475 g/mol. The Morgan fingerprint density at radius 2 is 1.73 bits per heavy atom. The summed E-state index contributed by atoms with van der Waals surface area (Å²) in [6.07, 6.45) is 1.63. The number of aromatic nitrogens is 2. The van der Waals surface area contributed by atoms with Crippen LogP contribution < -0.4 is 5.32 Å². The second-order valence-corrected chi connectivity index (χ2v) is 9.08. The molecule has 1 heterocycles. The van der Waals surface area contributed by atoms with E-state index in [1.54, 1.807) is 30.0 Å². The van der Waals surface area contributed by atoms with Crippen molar-refractivity contribution >= 4 is 51.5 Å². The lowest BCUT2D eigenvalue weighted by Crippen LogP contribution is -2.13. The van der Waals surface area contributed by atoms with Gasteiger partial charge in [0.15, 0.2) is 4.34 Å². The van der Waals surface area contributed by atoms with Crippen molar-refractivity contribution in [3.63, 3.8) is 0 Å². The Hall–Kier alpha value is -3.82. The van der Waals surface area contributed by atoms with Gasteiger partial charge in [0.1, 0.15) is 0 Å². The first-order valence-corrected chi connectivity index (χ1v) is 11.7. The molecule has 1 N–H and O–H groups in total. The molecule has 4 aromatic rings. The average Bonchev–Trinajstić information content (AvgIpc) is 3.29. The number of hydrogen-bond donors (Lipinski definition) is 1. The van der Waals surface area contributed by atoms with Crippen molar-refractivity contribution in [2.45, 2.75) is 10.1 Å². The Balaban J connectivity index is 1.53. The molecule has 0 aliphatic carbocycles. The number of anilines is 1. The van der Waals surface area contributed by atoms with Crippen LogP contribution in [-0.2, 0) is 10.5 Å². The van der Waals surface area contributed by atoms with Crippen molar-refractivity contribution in [3.8, 4) is 0 Å². The summed E-state index contributed by atoms with van der Waals surface area (Å²) in [6, 6.07) is 25.3. The van der Waals surface area contributed by atoms with E-state index in [-0.39, 0.29) is 11.6 Å². The van der Waals surface area contributed by atoms with Crippen LogP contribution in [0.4, 0.5) is 10.8 Å². The van der Waals surface area contributed by atoms with Crippen LogP contribution in [0.2, 0.25) is 0 Å². The van der Waals surface area contributed by atoms with E-state index < -0.39 is 4.92 Å². The van der Waals surface area contributed by atoms with Gasteiger partial charge >= 0.3 is 0 Å². The second kappa shape index (κ2) is 10.7. The number of amides is 1. The highest BCUT2D eigenvalue weighted by Gasteiger charge is 2.16. The zero-order valence-electron chi connectivity index (χ0n) is 17.3. The van der Waals surface area contributed by atoms with Gasteiger partial charge in [-0.2, -0.15) is 0 Å².